The summed E-state index contributed by atoms with van der Waals surface area (Å²) in [4.78, 5) is 0. The van der Waals surface area contributed by atoms with Crippen molar-refractivity contribution in [1.29, 1.82) is 0 Å². The highest BCUT2D eigenvalue weighted by Gasteiger charge is 2.08. The van der Waals surface area contributed by atoms with Crippen LogP contribution in [-0.2, 0) is 6.42 Å². The number of nitrogens with zero attached hydrogens (tertiary/aromatic N) is 1. The van der Waals surface area contributed by atoms with Crippen LogP contribution in [0.15, 0.2) is 85.7 Å². The largest absolute Gasteiger partial charge is 0.393 e. The second kappa shape index (κ2) is 10.5. The van der Waals surface area contributed by atoms with Crippen molar-refractivity contribution in [1.82, 2.24) is 5.43 Å². The lowest BCUT2D eigenvalue weighted by Gasteiger charge is -2.24. The van der Waals surface area contributed by atoms with Crippen molar-refractivity contribution >= 4 is 17.3 Å². The second-order valence-electron chi connectivity index (χ2n) is 7.38. The van der Waals surface area contributed by atoms with Gasteiger partial charge in [0.25, 0.3) is 0 Å². The molecule has 1 heterocycles. The van der Waals surface area contributed by atoms with Gasteiger partial charge in [0.05, 0.1) is 11.8 Å². The van der Waals surface area contributed by atoms with Gasteiger partial charge in [-0.15, -0.1) is 6.58 Å². The highest BCUT2D eigenvalue weighted by atomic mass is 16.3. The smallest absolute Gasteiger partial charge is 0.0623 e. The van der Waals surface area contributed by atoms with Crippen molar-refractivity contribution in [2.45, 2.75) is 38.7 Å². The molecule has 3 rings (SSSR count). The van der Waals surface area contributed by atoms with Crippen LogP contribution < -0.4 is 10.4 Å². The van der Waals surface area contributed by atoms with E-state index in [-0.39, 0.29) is 6.10 Å². The Kier molecular flexibility index (Phi) is 7.48. The molecule has 0 saturated carbocycles. The summed E-state index contributed by atoms with van der Waals surface area (Å²) in [5, 5.41) is 11.3. The average Bonchev–Trinajstić information content (AvgIpc) is 2.75. The van der Waals surface area contributed by atoms with Gasteiger partial charge in [0, 0.05) is 18.0 Å². The Morgan fingerprint density at radius 1 is 1.10 bits per heavy atom. The zero-order chi connectivity index (χ0) is 20.5. The number of anilines is 1. The number of unbranched alkanes of at least 4 members (excludes halogenated alkanes) is 1. The summed E-state index contributed by atoms with van der Waals surface area (Å²) in [6.07, 6.45) is 16.0. The van der Waals surface area contributed by atoms with Crippen LogP contribution in [0.4, 0.5) is 5.69 Å². The van der Waals surface area contributed by atoms with Gasteiger partial charge in [0.1, 0.15) is 0 Å². The van der Waals surface area contributed by atoms with Crippen molar-refractivity contribution in [2.24, 2.45) is 0 Å². The van der Waals surface area contributed by atoms with E-state index in [0.29, 0.717) is 0 Å². The SMILES string of the molecule is C=CCc1ccc(C2=CNN(c3ccc(C=CCCCC(C)O)cc3)C=C2)cc1. The summed E-state index contributed by atoms with van der Waals surface area (Å²) < 4.78 is 0. The van der Waals surface area contributed by atoms with E-state index >= 15 is 0 Å². The minimum Gasteiger partial charge on any atom is -0.393 e. The van der Waals surface area contributed by atoms with Crippen molar-refractivity contribution in [3.05, 3.63) is 102 Å². The van der Waals surface area contributed by atoms with Crippen LogP contribution in [0.5, 0.6) is 0 Å². The van der Waals surface area contributed by atoms with Crippen molar-refractivity contribution in [2.75, 3.05) is 5.01 Å². The Balaban J connectivity index is 1.54. The van der Waals surface area contributed by atoms with Gasteiger partial charge in [-0.25, -0.2) is 0 Å². The Morgan fingerprint density at radius 2 is 1.86 bits per heavy atom. The van der Waals surface area contributed by atoms with Crippen LogP contribution in [0.1, 0.15) is 42.9 Å². The van der Waals surface area contributed by atoms with E-state index in [1.807, 2.05) is 30.4 Å². The molecule has 2 aromatic carbocycles. The van der Waals surface area contributed by atoms with Crippen LogP contribution >= 0.6 is 0 Å². The molecule has 1 atom stereocenters. The van der Waals surface area contributed by atoms with Crippen LogP contribution in [0.3, 0.4) is 0 Å². The minimum atomic E-state index is -0.209. The van der Waals surface area contributed by atoms with Crippen LogP contribution in [0.2, 0.25) is 0 Å². The zero-order valence-electron chi connectivity index (χ0n) is 17.1. The number of benzene rings is 2. The number of nitrogens with one attached hydrogen (secondary N) is 1. The molecule has 0 amide bonds. The first-order chi connectivity index (χ1) is 14.2. The molecule has 0 aromatic heterocycles. The Morgan fingerprint density at radius 3 is 2.48 bits per heavy atom. The molecule has 0 spiro atoms. The van der Waals surface area contributed by atoms with Gasteiger partial charge >= 0.3 is 0 Å². The first kappa shape index (κ1) is 20.7. The first-order valence-electron chi connectivity index (χ1n) is 10.2. The summed E-state index contributed by atoms with van der Waals surface area (Å²) in [6.45, 7) is 5.63. The zero-order valence-corrected chi connectivity index (χ0v) is 17.1. The lowest BCUT2D eigenvalue weighted by molar-refractivity contribution is 0.182. The minimum absolute atomic E-state index is 0.209. The van der Waals surface area contributed by atoms with Gasteiger partial charge < -0.3 is 10.5 Å². The number of aliphatic hydroxyl groups excluding tert-OH is 1. The fourth-order valence-electron chi connectivity index (χ4n) is 3.22. The summed E-state index contributed by atoms with van der Waals surface area (Å²) in [7, 11) is 0. The standard InChI is InChI=1S/C26H30N2O/c1-3-7-22-10-14-24(15-11-22)25-18-19-28(27-20-25)26-16-12-23(13-17-26)9-6-4-5-8-21(2)29/h3,6,9-21,27,29H,1,4-5,7-8H2,2H3. The van der Waals surface area contributed by atoms with Crippen molar-refractivity contribution < 1.29 is 5.11 Å². The quantitative estimate of drug-likeness (QED) is 0.419. The Bertz CT molecular complexity index is 874. The van der Waals surface area contributed by atoms with Crippen molar-refractivity contribution in [3.8, 4) is 0 Å². The average molecular weight is 387 g/mol. The van der Waals surface area contributed by atoms with E-state index in [1.54, 1.807) is 0 Å². The maximum atomic E-state index is 9.29. The summed E-state index contributed by atoms with van der Waals surface area (Å²) in [6, 6.07) is 17.0. The van der Waals surface area contributed by atoms with Crippen molar-refractivity contribution in [3.63, 3.8) is 0 Å². The first-order valence-corrected chi connectivity index (χ1v) is 10.2. The molecule has 2 N–H and O–H groups in total. The monoisotopic (exact) mass is 386 g/mol. The molecule has 1 aliphatic rings. The number of allylic oxidation sites excluding steroid dienone is 4. The van der Waals surface area contributed by atoms with E-state index < -0.39 is 0 Å². The number of aliphatic hydroxyl groups is 1. The molecule has 2 aromatic rings. The highest BCUT2D eigenvalue weighted by Crippen LogP contribution is 2.22. The Labute approximate surface area is 174 Å². The van der Waals surface area contributed by atoms with Gasteiger partial charge in [-0.05, 0) is 67.5 Å². The summed E-state index contributed by atoms with van der Waals surface area (Å²) >= 11 is 0. The molecule has 0 aliphatic carbocycles. The fourth-order valence-corrected chi connectivity index (χ4v) is 3.22. The maximum absolute atomic E-state index is 9.29. The molecule has 0 radical (unpaired) electrons. The van der Waals surface area contributed by atoms with Gasteiger partial charge in [-0.3, -0.25) is 5.01 Å². The van der Waals surface area contributed by atoms with E-state index in [1.165, 1.54) is 16.7 Å². The van der Waals surface area contributed by atoms with Crippen LogP contribution in [0.25, 0.3) is 11.6 Å². The number of rotatable bonds is 9. The molecule has 1 aliphatic heterocycles. The maximum Gasteiger partial charge on any atom is 0.0623 e. The summed E-state index contributed by atoms with van der Waals surface area (Å²) in [5.74, 6) is 0. The highest BCUT2D eigenvalue weighted by molar-refractivity contribution is 5.76. The van der Waals surface area contributed by atoms with Gasteiger partial charge in [0.15, 0.2) is 0 Å². The third kappa shape index (κ3) is 6.23. The van der Waals surface area contributed by atoms with E-state index in [9.17, 15) is 5.11 Å². The van der Waals surface area contributed by atoms with Gasteiger partial charge in [-0.1, -0.05) is 54.6 Å². The third-order valence-corrected chi connectivity index (χ3v) is 4.90. The molecule has 3 heteroatoms. The molecule has 0 fully saturated rings. The molecular formula is C26H30N2O. The molecular weight excluding hydrogens is 356 g/mol. The lowest BCUT2D eigenvalue weighted by Crippen LogP contribution is -2.30. The van der Waals surface area contributed by atoms with Gasteiger partial charge in [-0.2, -0.15) is 0 Å². The molecule has 3 nitrogen and oxygen atoms in total. The lowest BCUT2D eigenvalue weighted by atomic mass is 10.0. The van der Waals surface area contributed by atoms with E-state index in [0.717, 1.165) is 36.9 Å². The predicted octanol–water partition coefficient (Wildman–Crippen LogP) is 5.86. The molecule has 29 heavy (non-hydrogen) atoms. The van der Waals surface area contributed by atoms with Gasteiger partial charge in [0.2, 0.25) is 0 Å². The van der Waals surface area contributed by atoms with E-state index in [4.69, 9.17) is 0 Å². The molecule has 150 valence electrons. The number of hydrogen-bond donors (Lipinski definition) is 2. The topological polar surface area (TPSA) is 35.5 Å². The second-order valence-corrected chi connectivity index (χ2v) is 7.38. The van der Waals surface area contributed by atoms with Crippen LogP contribution in [0, 0.1) is 0 Å². The molecule has 1 unspecified atom stereocenters. The molecule has 0 saturated heterocycles. The predicted molar refractivity (Wildman–Crippen MR) is 124 cm³/mol. The fraction of sp³-hybridized carbons (Fsp3) is 0.231. The molecule has 0 bridgehead atoms. The normalized spacial score (nSPS) is 14.6. The Hall–Kier alpha value is -3.04. The van der Waals surface area contributed by atoms with E-state index in [2.05, 4.69) is 78.8 Å². The van der Waals surface area contributed by atoms with Crippen LogP contribution in [-0.4, -0.2) is 11.2 Å². The number of hydrogen-bond acceptors (Lipinski definition) is 3. The summed E-state index contributed by atoms with van der Waals surface area (Å²) in [5.41, 5.74) is 9.23. The number of hydrazine groups is 1. The third-order valence-electron chi connectivity index (χ3n) is 4.90.